The number of amides is 2. The van der Waals surface area contributed by atoms with Gasteiger partial charge in [0.2, 0.25) is 5.91 Å². The molecule has 2 aliphatic heterocycles. The Labute approximate surface area is 267 Å². The van der Waals surface area contributed by atoms with Gasteiger partial charge in [-0.25, -0.2) is 4.39 Å². The van der Waals surface area contributed by atoms with Gasteiger partial charge in [-0.3, -0.25) is 9.59 Å². The number of piperazine rings is 1. The maximum absolute atomic E-state index is 14.5. The molecule has 2 amide bonds. The van der Waals surface area contributed by atoms with E-state index in [1.807, 2.05) is 58.3 Å². The summed E-state index contributed by atoms with van der Waals surface area (Å²) < 4.78 is 30.4. The number of carbonyl (C=O) groups is 2. The second-order valence-corrected chi connectivity index (χ2v) is 12.2. The van der Waals surface area contributed by atoms with Gasteiger partial charge < -0.3 is 29.3 Å². The van der Waals surface area contributed by atoms with Gasteiger partial charge in [0.25, 0.3) is 5.91 Å². The quantitative estimate of drug-likeness (QED) is 0.282. The number of methoxy groups -OCH3 is 1. The van der Waals surface area contributed by atoms with Crippen LogP contribution in [0.3, 0.4) is 0 Å². The van der Waals surface area contributed by atoms with Crippen molar-refractivity contribution in [1.82, 2.24) is 15.1 Å². The zero-order valence-corrected chi connectivity index (χ0v) is 26.2. The Hall–Kier alpha value is -4.08. The molecule has 236 valence electrons. The predicted molar refractivity (Wildman–Crippen MR) is 170 cm³/mol. The molecule has 8 nitrogen and oxygen atoms in total. The first kappa shape index (κ1) is 30.9. The largest absolute Gasteiger partial charge is 0.497 e. The van der Waals surface area contributed by atoms with Crippen LogP contribution in [0.15, 0.2) is 72.3 Å². The third-order valence-corrected chi connectivity index (χ3v) is 8.83. The lowest BCUT2D eigenvalue weighted by molar-refractivity contribution is -0.132. The topological polar surface area (TPSA) is 80.3 Å². The Bertz CT molecular complexity index is 1590. The molecule has 0 spiro atoms. The maximum Gasteiger partial charge on any atom is 0.252 e. The molecular weight excluding hydrogens is 597 g/mol. The van der Waals surface area contributed by atoms with Gasteiger partial charge in [0.05, 0.1) is 18.2 Å². The van der Waals surface area contributed by atoms with E-state index >= 15 is 0 Å². The van der Waals surface area contributed by atoms with Crippen molar-refractivity contribution >= 4 is 29.0 Å². The molecule has 3 aromatic carbocycles. The van der Waals surface area contributed by atoms with Crippen molar-refractivity contribution in [1.29, 1.82) is 0 Å². The number of ether oxygens (including phenoxy) is 3. The van der Waals surface area contributed by atoms with Crippen molar-refractivity contribution in [2.75, 3.05) is 33.4 Å². The smallest absolute Gasteiger partial charge is 0.252 e. The fourth-order valence-corrected chi connectivity index (χ4v) is 6.32. The van der Waals surface area contributed by atoms with Crippen LogP contribution in [0.2, 0.25) is 5.02 Å². The summed E-state index contributed by atoms with van der Waals surface area (Å²) >= 11 is 6.08. The molecule has 2 fully saturated rings. The lowest BCUT2D eigenvalue weighted by Crippen LogP contribution is -2.61. The lowest BCUT2D eigenvalue weighted by Gasteiger charge is -2.44. The normalized spacial score (nSPS) is 19.2. The second kappa shape index (κ2) is 13.5. The van der Waals surface area contributed by atoms with E-state index < -0.39 is 5.82 Å². The first-order valence-electron chi connectivity index (χ1n) is 15.3. The fourth-order valence-electron chi connectivity index (χ4n) is 6.15. The minimum atomic E-state index is -0.422. The van der Waals surface area contributed by atoms with E-state index in [0.717, 1.165) is 40.9 Å². The Kier molecular flexibility index (Phi) is 9.28. The zero-order valence-electron chi connectivity index (χ0n) is 25.4. The van der Waals surface area contributed by atoms with E-state index in [-0.39, 0.29) is 48.9 Å². The molecule has 3 aliphatic rings. The number of benzene rings is 3. The zero-order chi connectivity index (χ0) is 31.5. The van der Waals surface area contributed by atoms with Gasteiger partial charge >= 0.3 is 0 Å². The van der Waals surface area contributed by atoms with E-state index in [0.29, 0.717) is 36.8 Å². The Morgan fingerprint density at radius 3 is 2.51 bits per heavy atom. The van der Waals surface area contributed by atoms with Crippen LogP contribution < -0.4 is 19.5 Å². The molecular formula is C35H37ClFN3O5. The van der Waals surface area contributed by atoms with E-state index in [4.69, 9.17) is 25.8 Å². The number of nitrogens with zero attached hydrogens (tertiary/aromatic N) is 2. The molecule has 6 rings (SSSR count). The molecule has 1 saturated carbocycles. The van der Waals surface area contributed by atoms with Crippen molar-refractivity contribution in [2.24, 2.45) is 0 Å². The van der Waals surface area contributed by atoms with E-state index in [2.05, 4.69) is 5.32 Å². The average Bonchev–Trinajstić information content (AvgIpc) is 3.89. The fraction of sp³-hybridized carbons (Fsp3) is 0.371. The van der Waals surface area contributed by atoms with E-state index in [9.17, 15) is 14.0 Å². The van der Waals surface area contributed by atoms with Crippen LogP contribution in [0.5, 0.6) is 17.2 Å². The monoisotopic (exact) mass is 633 g/mol. The number of nitrogens with one attached hydrogen (secondary N) is 1. The molecule has 1 saturated heterocycles. The van der Waals surface area contributed by atoms with Crippen LogP contribution in [-0.2, 0) is 16.1 Å². The highest BCUT2D eigenvalue weighted by Gasteiger charge is 2.43. The Morgan fingerprint density at radius 1 is 1.00 bits per heavy atom. The van der Waals surface area contributed by atoms with Crippen LogP contribution in [-0.4, -0.2) is 73.2 Å². The third-order valence-electron chi connectivity index (χ3n) is 8.52. The summed E-state index contributed by atoms with van der Waals surface area (Å²) in [6.07, 6.45) is 2.57. The van der Waals surface area contributed by atoms with Gasteiger partial charge in [-0.15, -0.1) is 0 Å². The summed E-state index contributed by atoms with van der Waals surface area (Å²) in [6.45, 7) is 3.56. The molecule has 10 heteroatoms. The molecule has 2 heterocycles. The number of rotatable bonds is 11. The molecule has 0 unspecified atom stereocenters. The minimum absolute atomic E-state index is 0.00477. The highest BCUT2D eigenvalue weighted by atomic mass is 35.5. The first-order chi connectivity index (χ1) is 21.8. The second-order valence-electron chi connectivity index (χ2n) is 11.7. The van der Waals surface area contributed by atoms with Crippen molar-refractivity contribution in [3.05, 3.63) is 94.3 Å². The first-order valence-corrected chi connectivity index (χ1v) is 15.7. The summed E-state index contributed by atoms with van der Waals surface area (Å²) in [5.74, 6) is 1.28. The van der Waals surface area contributed by atoms with Gasteiger partial charge in [-0.1, -0.05) is 35.9 Å². The highest BCUT2D eigenvalue weighted by Crippen LogP contribution is 2.38. The SMILES string of the molecule is COc1cccc(CN(C(=O)C2=C(c3ccc(OCCOc4cc(F)ccc4Cl)cc3)C[C@@H]3CN(C(C)=O)C[C@H]2N3)C2CC2)c1. The number of hydrogen-bond acceptors (Lipinski definition) is 6. The van der Waals surface area contributed by atoms with Crippen molar-refractivity contribution in [2.45, 2.75) is 50.9 Å². The van der Waals surface area contributed by atoms with Crippen LogP contribution >= 0.6 is 11.6 Å². The Balaban J connectivity index is 1.23. The van der Waals surface area contributed by atoms with Crippen LogP contribution in [0.4, 0.5) is 4.39 Å². The third kappa shape index (κ3) is 7.26. The number of fused-ring (bicyclic) bond motifs is 2. The molecule has 1 aliphatic carbocycles. The highest BCUT2D eigenvalue weighted by molar-refractivity contribution is 6.32. The Morgan fingerprint density at radius 2 is 1.78 bits per heavy atom. The van der Waals surface area contributed by atoms with Gasteiger partial charge in [-0.05, 0) is 72.4 Å². The minimum Gasteiger partial charge on any atom is -0.497 e. The maximum atomic E-state index is 14.5. The summed E-state index contributed by atoms with van der Waals surface area (Å²) in [5, 5.41) is 3.98. The molecule has 2 atom stereocenters. The van der Waals surface area contributed by atoms with Crippen molar-refractivity contribution in [3.63, 3.8) is 0 Å². The molecule has 3 aromatic rings. The van der Waals surface area contributed by atoms with Crippen LogP contribution in [0.25, 0.3) is 5.57 Å². The van der Waals surface area contributed by atoms with Crippen molar-refractivity contribution < 1.29 is 28.2 Å². The molecule has 1 N–H and O–H groups in total. The van der Waals surface area contributed by atoms with E-state index in [1.54, 1.807) is 14.0 Å². The summed E-state index contributed by atoms with van der Waals surface area (Å²) in [4.78, 5) is 30.8. The lowest BCUT2D eigenvalue weighted by atomic mass is 9.82. The van der Waals surface area contributed by atoms with Gasteiger partial charge in [-0.2, -0.15) is 0 Å². The molecule has 0 radical (unpaired) electrons. The number of halogens is 2. The molecule has 0 aromatic heterocycles. The van der Waals surface area contributed by atoms with Crippen molar-refractivity contribution in [3.8, 4) is 17.2 Å². The summed E-state index contributed by atoms with van der Waals surface area (Å²) in [7, 11) is 1.64. The van der Waals surface area contributed by atoms with Crippen LogP contribution in [0.1, 0.15) is 37.3 Å². The van der Waals surface area contributed by atoms with Crippen LogP contribution in [0, 0.1) is 5.82 Å². The molecule has 45 heavy (non-hydrogen) atoms. The van der Waals surface area contributed by atoms with Gasteiger partial charge in [0, 0.05) is 50.3 Å². The average molecular weight is 634 g/mol. The summed E-state index contributed by atoms with van der Waals surface area (Å²) in [5.41, 5.74) is 3.70. The van der Waals surface area contributed by atoms with E-state index in [1.165, 1.54) is 18.2 Å². The standard InChI is InChI=1S/C35H37ClFN3O5/c1-22(41)39-20-26-18-30(24-6-11-28(12-7-24)44-14-15-45-33-17-25(37)8-13-31(33)36)34(32(21-39)38-26)35(42)40(27-9-10-27)19-23-4-3-5-29(16-23)43-2/h3-8,11-13,16-17,26-27,32,38H,9-10,14-15,18-21H2,1-2H3/t26-,32-/m1/s1. The van der Waals surface area contributed by atoms with Gasteiger partial charge in [0.1, 0.15) is 36.3 Å². The van der Waals surface area contributed by atoms with Gasteiger partial charge in [0.15, 0.2) is 0 Å². The summed E-state index contributed by atoms with van der Waals surface area (Å²) in [6, 6.07) is 19.5. The predicted octanol–water partition coefficient (Wildman–Crippen LogP) is 5.48. The number of carbonyl (C=O) groups excluding carboxylic acids is 2. The number of hydrogen-bond donors (Lipinski definition) is 1. The molecule has 2 bridgehead atoms.